The molecule has 0 heterocycles. The van der Waals surface area contributed by atoms with Crippen LogP contribution >= 0.6 is 7.92 Å². The number of hydrogen-bond acceptors (Lipinski definition) is 0. The highest BCUT2D eigenvalue weighted by atomic mass is 31.1. The highest BCUT2D eigenvalue weighted by molar-refractivity contribution is 7.57. The summed E-state index contributed by atoms with van der Waals surface area (Å²) in [4.78, 5) is 0. The third-order valence-corrected chi connectivity index (χ3v) is 4.02. The average molecular weight is 188 g/mol. The zero-order chi connectivity index (χ0) is 9.28. The molecule has 0 aliphatic heterocycles. The fraction of sp³-hybridized carbons (Fsp3) is 1.00. The minimum Gasteiger partial charge on any atom is -0.174 e. The quantitative estimate of drug-likeness (QED) is 0.592. The molecular formula is C7H16F3P. The van der Waals surface area contributed by atoms with Crippen LogP contribution in [0.25, 0.3) is 0 Å². The summed E-state index contributed by atoms with van der Waals surface area (Å²) < 4.78 is 29.0. The standard InChI is InChI=1S/C6H15P.CHF3/c1-4-7(5-2)6-3;2-1(3)4/h4-6H2,1-3H3;1H. The molecule has 11 heavy (non-hydrogen) atoms. The van der Waals surface area contributed by atoms with Gasteiger partial charge in [0, 0.05) is 0 Å². The smallest absolute Gasteiger partial charge is 0.174 e. The fourth-order valence-electron chi connectivity index (χ4n) is 0.671. The van der Waals surface area contributed by atoms with Gasteiger partial charge in [-0.2, -0.15) is 13.2 Å². The topological polar surface area (TPSA) is 0 Å². The summed E-state index contributed by atoms with van der Waals surface area (Å²) in [6, 6.07) is 0. The van der Waals surface area contributed by atoms with E-state index in [1.165, 1.54) is 18.5 Å². The van der Waals surface area contributed by atoms with Gasteiger partial charge in [0.25, 0.3) is 0 Å². The van der Waals surface area contributed by atoms with Crippen LogP contribution in [0.1, 0.15) is 20.8 Å². The maximum absolute atomic E-state index is 9.67. The molecule has 4 heteroatoms. The maximum atomic E-state index is 9.67. The van der Waals surface area contributed by atoms with Crippen molar-refractivity contribution in [1.82, 2.24) is 0 Å². The fourth-order valence-corrected chi connectivity index (χ4v) is 2.01. The van der Waals surface area contributed by atoms with Gasteiger partial charge < -0.3 is 0 Å². The van der Waals surface area contributed by atoms with Crippen molar-refractivity contribution in [1.29, 1.82) is 0 Å². The van der Waals surface area contributed by atoms with Crippen LogP contribution in [0.3, 0.4) is 0 Å². The number of alkyl halides is 3. The molecule has 0 aliphatic carbocycles. The summed E-state index contributed by atoms with van der Waals surface area (Å²) in [7, 11) is 0.446. The molecule has 0 aliphatic rings. The number of halogens is 3. The van der Waals surface area contributed by atoms with Gasteiger partial charge in [-0.25, -0.2) is 0 Å². The molecule has 0 aromatic carbocycles. The van der Waals surface area contributed by atoms with E-state index in [0.29, 0.717) is 7.92 Å². The Morgan fingerprint density at radius 1 is 0.909 bits per heavy atom. The second kappa shape index (κ2) is 10.2. The molecular weight excluding hydrogens is 172 g/mol. The lowest BCUT2D eigenvalue weighted by atomic mass is 10.9. The highest BCUT2D eigenvalue weighted by Gasteiger charge is 1.94. The molecule has 0 saturated heterocycles. The molecule has 0 unspecified atom stereocenters. The first kappa shape index (κ1) is 13.8. The Kier molecular flexibility index (Phi) is 12.8. The van der Waals surface area contributed by atoms with Crippen LogP contribution in [-0.2, 0) is 0 Å². The van der Waals surface area contributed by atoms with E-state index in [4.69, 9.17) is 0 Å². The van der Waals surface area contributed by atoms with Gasteiger partial charge in [-0.3, -0.25) is 0 Å². The second-order valence-electron chi connectivity index (χ2n) is 1.87. The lowest BCUT2D eigenvalue weighted by molar-refractivity contribution is 0.00819. The first-order valence-corrected chi connectivity index (χ1v) is 5.62. The molecule has 0 aromatic rings. The predicted molar refractivity (Wildman–Crippen MR) is 45.7 cm³/mol. The van der Waals surface area contributed by atoms with Crippen LogP contribution in [0, 0.1) is 0 Å². The largest absolute Gasteiger partial charge is 0.379 e. The third-order valence-electron chi connectivity index (χ3n) is 1.34. The van der Waals surface area contributed by atoms with Crippen LogP contribution in [0.15, 0.2) is 0 Å². The summed E-state index contributed by atoms with van der Waals surface area (Å²) in [6.45, 7) is 3.20. The van der Waals surface area contributed by atoms with E-state index in [9.17, 15) is 13.2 Å². The molecule has 70 valence electrons. The van der Waals surface area contributed by atoms with Gasteiger partial charge in [0.2, 0.25) is 0 Å². The molecule has 0 amide bonds. The minimum absolute atomic E-state index is 0.446. The Balaban J connectivity index is 0. The lowest BCUT2D eigenvalue weighted by Crippen LogP contribution is -1.83. The van der Waals surface area contributed by atoms with Gasteiger partial charge in [0.1, 0.15) is 0 Å². The van der Waals surface area contributed by atoms with Crippen LogP contribution in [0.4, 0.5) is 13.2 Å². The Labute approximate surface area is 67.9 Å². The van der Waals surface area contributed by atoms with Gasteiger partial charge in [-0.05, 0) is 18.5 Å². The zero-order valence-corrected chi connectivity index (χ0v) is 8.17. The van der Waals surface area contributed by atoms with Crippen LogP contribution < -0.4 is 0 Å². The molecule has 0 nitrogen and oxygen atoms in total. The summed E-state index contributed by atoms with van der Waals surface area (Å²) in [5, 5.41) is 0. The highest BCUT2D eigenvalue weighted by Crippen LogP contribution is 2.32. The van der Waals surface area contributed by atoms with Crippen molar-refractivity contribution in [2.45, 2.75) is 27.5 Å². The van der Waals surface area contributed by atoms with Crippen LogP contribution in [0.5, 0.6) is 0 Å². The number of rotatable bonds is 3. The molecule has 0 spiro atoms. The van der Waals surface area contributed by atoms with Gasteiger partial charge >= 0.3 is 6.68 Å². The van der Waals surface area contributed by atoms with Crippen molar-refractivity contribution < 1.29 is 13.2 Å². The van der Waals surface area contributed by atoms with E-state index < -0.39 is 6.68 Å². The molecule has 0 radical (unpaired) electrons. The van der Waals surface area contributed by atoms with Crippen molar-refractivity contribution in [2.24, 2.45) is 0 Å². The molecule has 0 aromatic heterocycles. The lowest BCUT2D eigenvalue weighted by Gasteiger charge is -2.07. The van der Waals surface area contributed by atoms with Crippen molar-refractivity contribution in [3.63, 3.8) is 0 Å². The molecule has 0 fully saturated rings. The summed E-state index contributed by atoms with van der Waals surface area (Å²) in [6.07, 6.45) is 4.26. The molecule has 0 rings (SSSR count). The normalized spacial score (nSPS) is 9.82. The minimum atomic E-state index is -3.67. The van der Waals surface area contributed by atoms with Crippen LogP contribution in [-0.4, -0.2) is 25.2 Å². The van der Waals surface area contributed by atoms with Gasteiger partial charge in [-0.1, -0.05) is 20.8 Å². The van der Waals surface area contributed by atoms with Crippen molar-refractivity contribution in [2.75, 3.05) is 18.5 Å². The maximum Gasteiger partial charge on any atom is 0.379 e. The van der Waals surface area contributed by atoms with Gasteiger partial charge in [-0.15, -0.1) is 7.92 Å². The van der Waals surface area contributed by atoms with E-state index in [1.54, 1.807) is 0 Å². The van der Waals surface area contributed by atoms with Gasteiger partial charge in [0.15, 0.2) is 0 Å². The predicted octanol–water partition coefficient (Wildman–Crippen LogP) is 3.71. The van der Waals surface area contributed by atoms with Crippen molar-refractivity contribution in [3.8, 4) is 0 Å². The molecule has 0 saturated carbocycles. The first-order chi connectivity index (χ1) is 5.08. The average Bonchev–Trinajstić information content (AvgIpc) is 1.90. The number of hydrogen-bond donors (Lipinski definition) is 0. The summed E-state index contributed by atoms with van der Waals surface area (Å²) in [5.41, 5.74) is 0. The van der Waals surface area contributed by atoms with Crippen molar-refractivity contribution in [3.05, 3.63) is 0 Å². The Bertz CT molecular complexity index is 56.4. The van der Waals surface area contributed by atoms with E-state index in [-0.39, 0.29) is 0 Å². The Morgan fingerprint density at radius 3 is 1.09 bits per heavy atom. The summed E-state index contributed by atoms with van der Waals surface area (Å²) in [5.74, 6) is 0. The molecule has 0 bridgehead atoms. The van der Waals surface area contributed by atoms with E-state index >= 15 is 0 Å². The van der Waals surface area contributed by atoms with Crippen LogP contribution in [0.2, 0.25) is 0 Å². The zero-order valence-electron chi connectivity index (χ0n) is 7.28. The van der Waals surface area contributed by atoms with Gasteiger partial charge in [0.05, 0.1) is 0 Å². The second-order valence-corrected chi connectivity index (χ2v) is 5.11. The third kappa shape index (κ3) is 17.8. The van der Waals surface area contributed by atoms with E-state index in [2.05, 4.69) is 20.8 Å². The SMILES string of the molecule is CCP(CC)CC.FC(F)F. The Morgan fingerprint density at radius 2 is 1.09 bits per heavy atom. The molecule has 0 N–H and O–H groups in total. The first-order valence-electron chi connectivity index (χ1n) is 3.72. The van der Waals surface area contributed by atoms with Crippen molar-refractivity contribution >= 4 is 7.92 Å². The van der Waals surface area contributed by atoms with E-state index in [1.807, 2.05) is 0 Å². The molecule has 0 atom stereocenters. The summed E-state index contributed by atoms with van der Waals surface area (Å²) >= 11 is 0. The van der Waals surface area contributed by atoms with E-state index in [0.717, 1.165) is 0 Å². The monoisotopic (exact) mass is 188 g/mol. The Hall–Kier alpha value is 0.220.